The number of carbonyl (C=O) groups excluding carboxylic acids is 1. The fraction of sp³-hybridized carbons (Fsp3) is 0.455. The quantitative estimate of drug-likeness (QED) is 0.508. The van der Waals surface area contributed by atoms with Crippen molar-refractivity contribution in [2.75, 3.05) is 25.5 Å². The Bertz CT molecular complexity index is 849. The zero-order valence-corrected chi connectivity index (χ0v) is 19.0. The van der Waals surface area contributed by atoms with E-state index in [1.54, 1.807) is 11.7 Å². The molecule has 0 bridgehead atoms. The molecule has 0 radical (unpaired) electrons. The molecule has 32 heavy (non-hydrogen) atoms. The van der Waals surface area contributed by atoms with Gasteiger partial charge in [0.05, 0.1) is 0 Å². The highest BCUT2D eigenvalue weighted by Crippen LogP contribution is 2.28. The lowest BCUT2D eigenvalue weighted by molar-refractivity contribution is -0.126. The topological polar surface area (TPSA) is 137 Å². The number of nitrogens with one attached hydrogen (secondary N) is 2. The van der Waals surface area contributed by atoms with Crippen molar-refractivity contribution in [1.29, 1.82) is 0 Å². The van der Waals surface area contributed by atoms with Crippen LogP contribution in [0.15, 0.2) is 30.5 Å². The lowest BCUT2D eigenvalue weighted by Crippen LogP contribution is -2.57. The first-order valence-corrected chi connectivity index (χ1v) is 10.2. The summed E-state index contributed by atoms with van der Waals surface area (Å²) in [6, 6.07) is 8.61. The molecule has 0 unspecified atom stereocenters. The van der Waals surface area contributed by atoms with Gasteiger partial charge in [0.15, 0.2) is 0 Å². The zero-order chi connectivity index (χ0) is 24.1. The third-order valence-corrected chi connectivity index (χ3v) is 5.14. The highest BCUT2D eigenvalue weighted by atomic mass is 16.3. The zero-order valence-electron chi connectivity index (χ0n) is 19.0. The molecule has 2 heterocycles. The third-order valence-electron chi connectivity index (χ3n) is 5.14. The molecule has 1 aliphatic heterocycles. The van der Waals surface area contributed by atoms with Crippen molar-refractivity contribution in [2.24, 2.45) is 7.05 Å². The van der Waals surface area contributed by atoms with E-state index in [4.69, 9.17) is 19.8 Å². The van der Waals surface area contributed by atoms with Gasteiger partial charge in [0.2, 0.25) is 5.91 Å². The van der Waals surface area contributed by atoms with Crippen LogP contribution in [0.4, 0.5) is 5.82 Å². The molecule has 1 aromatic carbocycles. The number of hydrogen-bond donors (Lipinski definition) is 4. The predicted octanol–water partition coefficient (Wildman–Crippen LogP) is 1.63. The maximum atomic E-state index is 12.6. The van der Waals surface area contributed by atoms with Gasteiger partial charge in [0.25, 0.3) is 12.9 Å². The van der Waals surface area contributed by atoms with Crippen molar-refractivity contribution < 1.29 is 24.6 Å². The normalized spacial score (nSPS) is 14.6. The number of anilines is 1. The maximum absolute atomic E-state index is 12.6. The lowest BCUT2D eigenvalue weighted by atomic mass is 9.86. The summed E-state index contributed by atoms with van der Waals surface area (Å²) in [5, 5.41) is 24.4. The van der Waals surface area contributed by atoms with Crippen LogP contribution in [0.3, 0.4) is 0 Å². The van der Waals surface area contributed by atoms with Crippen molar-refractivity contribution in [3.63, 3.8) is 0 Å². The minimum absolute atomic E-state index is 0.0363. The fourth-order valence-corrected chi connectivity index (χ4v) is 3.89. The van der Waals surface area contributed by atoms with Crippen molar-refractivity contribution in [3.05, 3.63) is 47.2 Å². The summed E-state index contributed by atoms with van der Waals surface area (Å²) in [5.74, 6) is 0.785. The standard InChI is InChI=1S/C20H29N5O.2CH2O2/c1-15-11-16(2)13-17(12-15)14-25-9-6-20(7-10-25,19(26)21-3)22-18-5-8-24(4)23-18;2*2-1-3/h5,8,11-13H,6-7,9-10,14H2,1-4H3,(H,21,26)(H,22,23);2*1H,(H,2,3). The number of carboxylic acid groups (broad SMARTS) is 2. The Morgan fingerprint density at radius 2 is 1.66 bits per heavy atom. The van der Waals surface area contributed by atoms with E-state index in [-0.39, 0.29) is 18.9 Å². The van der Waals surface area contributed by atoms with E-state index < -0.39 is 5.54 Å². The molecular weight excluding hydrogens is 414 g/mol. The van der Waals surface area contributed by atoms with Crippen LogP contribution in [0.25, 0.3) is 0 Å². The fourth-order valence-electron chi connectivity index (χ4n) is 3.89. The van der Waals surface area contributed by atoms with Crippen molar-refractivity contribution in [3.8, 4) is 0 Å². The van der Waals surface area contributed by atoms with Crippen molar-refractivity contribution in [2.45, 2.75) is 38.8 Å². The highest BCUT2D eigenvalue weighted by molar-refractivity contribution is 5.89. The first-order chi connectivity index (χ1) is 15.2. The average Bonchev–Trinajstić information content (AvgIpc) is 3.14. The second-order valence-electron chi connectivity index (χ2n) is 7.64. The van der Waals surface area contributed by atoms with Crippen LogP contribution in [0.5, 0.6) is 0 Å². The number of likely N-dealkylation sites (N-methyl/N-ethyl adjacent to an activating group) is 1. The van der Waals surface area contributed by atoms with E-state index >= 15 is 0 Å². The van der Waals surface area contributed by atoms with E-state index in [1.807, 2.05) is 19.3 Å². The van der Waals surface area contributed by atoms with Crippen LogP contribution in [-0.2, 0) is 28.0 Å². The van der Waals surface area contributed by atoms with Gasteiger partial charge in [-0.3, -0.25) is 24.0 Å². The van der Waals surface area contributed by atoms with Gasteiger partial charge in [-0.2, -0.15) is 5.10 Å². The first-order valence-electron chi connectivity index (χ1n) is 10.2. The Labute approximate surface area is 188 Å². The maximum Gasteiger partial charge on any atom is 0.290 e. The molecule has 0 atom stereocenters. The van der Waals surface area contributed by atoms with Gasteiger partial charge in [-0.15, -0.1) is 0 Å². The summed E-state index contributed by atoms with van der Waals surface area (Å²) in [4.78, 5) is 31.8. The number of rotatable bonds is 5. The van der Waals surface area contributed by atoms with Gasteiger partial charge in [0.1, 0.15) is 11.4 Å². The second-order valence-corrected chi connectivity index (χ2v) is 7.64. The van der Waals surface area contributed by atoms with Gasteiger partial charge in [0, 0.05) is 46.0 Å². The van der Waals surface area contributed by atoms with Crippen LogP contribution in [-0.4, -0.2) is 69.4 Å². The number of benzene rings is 1. The number of aromatic nitrogens is 2. The number of piperidine rings is 1. The Kier molecular flexibility index (Phi) is 10.9. The Hall–Kier alpha value is -3.40. The number of aryl methyl sites for hydroxylation is 3. The molecule has 10 heteroatoms. The summed E-state index contributed by atoms with van der Waals surface area (Å²) in [5.41, 5.74) is 3.34. The number of likely N-dealkylation sites (tertiary alicyclic amines) is 1. The monoisotopic (exact) mass is 447 g/mol. The minimum atomic E-state index is -0.595. The van der Waals surface area contributed by atoms with Crippen LogP contribution in [0.2, 0.25) is 0 Å². The predicted molar refractivity (Wildman–Crippen MR) is 121 cm³/mol. The summed E-state index contributed by atoms with van der Waals surface area (Å²) in [6.45, 7) is 6.45. The molecule has 1 aliphatic rings. The van der Waals surface area contributed by atoms with Gasteiger partial charge < -0.3 is 20.8 Å². The number of hydrogen-bond acceptors (Lipinski definition) is 6. The lowest BCUT2D eigenvalue weighted by Gasteiger charge is -2.41. The molecule has 10 nitrogen and oxygen atoms in total. The molecule has 2 aromatic rings. The number of nitrogens with zero attached hydrogens (tertiary/aromatic N) is 3. The molecule has 1 amide bonds. The Morgan fingerprint density at radius 1 is 1.12 bits per heavy atom. The van der Waals surface area contributed by atoms with Gasteiger partial charge >= 0.3 is 0 Å². The van der Waals surface area contributed by atoms with Gasteiger partial charge in [-0.1, -0.05) is 29.3 Å². The minimum Gasteiger partial charge on any atom is -0.483 e. The molecule has 4 N–H and O–H groups in total. The van der Waals surface area contributed by atoms with E-state index in [0.717, 1.165) is 38.3 Å². The molecule has 1 saturated heterocycles. The first kappa shape index (κ1) is 26.6. The Morgan fingerprint density at radius 3 is 2.09 bits per heavy atom. The highest BCUT2D eigenvalue weighted by Gasteiger charge is 2.41. The molecule has 0 aliphatic carbocycles. The van der Waals surface area contributed by atoms with Crippen molar-refractivity contribution in [1.82, 2.24) is 20.0 Å². The second kappa shape index (κ2) is 13.1. The summed E-state index contributed by atoms with van der Waals surface area (Å²) >= 11 is 0. The average molecular weight is 448 g/mol. The molecule has 3 rings (SSSR count). The SMILES string of the molecule is CNC(=O)C1(Nc2ccn(C)n2)CCN(Cc2cc(C)cc(C)c2)CC1.O=CO.O=CO. The molecule has 1 aromatic heterocycles. The Balaban J connectivity index is 0.000000769. The molecule has 0 saturated carbocycles. The summed E-state index contributed by atoms with van der Waals surface area (Å²) in [6.07, 6.45) is 3.40. The van der Waals surface area contributed by atoms with Gasteiger partial charge in [-0.05, 0) is 32.3 Å². The van der Waals surface area contributed by atoms with E-state index in [9.17, 15) is 4.79 Å². The van der Waals surface area contributed by atoms with Gasteiger partial charge in [-0.25, -0.2) is 0 Å². The third kappa shape index (κ3) is 8.03. The number of amides is 1. The molecule has 176 valence electrons. The van der Waals surface area contributed by atoms with Crippen LogP contribution in [0, 0.1) is 13.8 Å². The largest absolute Gasteiger partial charge is 0.483 e. The van der Waals surface area contributed by atoms with E-state index in [0.29, 0.717) is 0 Å². The molecule has 1 fully saturated rings. The molecular formula is C22H33N5O5. The van der Waals surface area contributed by atoms with E-state index in [1.165, 1.54) is 16.7 Å². The molecule has 0 spiro atoms. The van der Waals surface area contributed by atoms with Crippen molar-refractivity contribution >= 4 is 24.7 Å². The van der Waals surface area contributed by atoms with E-state index in [2.05, 4.69) is 52.7 Å². The van der Waals surface area contributed by atoms with Crippen LogP contribution in [0.1, 0.15) is 29.5 Å². The van der Waals surface area contributed by atoms with Crippen LogP contribution >= 0.6 is 0 Å². The number of carbonyl (C=O) groups is 3. The summed E-state index contributed by atoms with van der Waals surface area (Å²) < 4.78 is 1.75. The van der Waals surface area contributed by atoms with Crippen LogP contribution < -0.4 is 10.6 Å². The summed E-state index contributed by atoms with van der Waals surface area (Å²) in [7, 11) is 3.58. The smallest absolute Gasteiger partial charge is 0.290 e.